The van der Waals surface area contributed by atoms with E-state index in [4.69, 9.17) is 4.74 Å². The van der Waals surface area contributed by atoms with Crippen molar-refractivity contribution < 1.29 is 14.6 Å². The first-order chi connectivity index (χ1) is 12.0. The fourth-order valence-electron chi connectivity index (χ4n) is 3.64. The molecule has 4 rings (SSSR count). The molecule has 0 amide bonds. The van der Waals surface area contributed by atoms with Crippen LogP contribution in [0.3, 0.4) is 0 Å². The lowest BCUT2D eigenvalue weighted by Crippen LogP contribution is -2.55. The highest BCUT2D eigenvalue weighted by Gasteiger charge is 2.42. The summed E-state index contributed by atoms with van der Waals surface area (Å²) in [7, 11) is 1.63. The van der Waals surface area contributed by atoms with Gasteiger partial charge in [-0.15, -0.1) is 0 Å². The van der Waals surface area contributed by atoms with Gasteiger partial charge in [0.2, 0.25) is 0 Å². The maximum Gasteiger partial charge on any atom is 0.323 e. The van der Waals surface area contributed by atoms with Gasteiger partial charge in [0.1, 0.15) is 11.3 Å². The Kier molecular flexibility index (Phi) is 3.54. The van der Waals surface area contributed by atoms with Gasteiger partial charge in [-0.2, -0.15) is 0 Å². The van der Waals surface area contributed by atoms with E-state index in [0.29, 0.717) is 6.42 Å². The first-order valence-electron chi connectivity index (χ1n) is 8.26. The molecule has 3 aromatic rings. The lowest BCUT2D eigenvalue weighted by molar-refractivity contribution is -0.144. The fourth-order valence-corrected chi connectivity index (χ4v) is 3.64. The third-order valence-electron chi connectivity index (χ3n) is 5.03. The van der Waals surface area contributed by atoms with Crippen LogP contribution < -0.4 is 10.1 Å². The summed E-state index contributed by atoms with van der Waals surface area (Å²) in [4.78, 5) is 15.4. The maximum atomic E-state index is 11.9. The van der Waals surface area contributed by atoms with E-state index < -0.39 is 11.5 Å². The van der Waals surface area contributed by atoms with Crippen LogP contribution in [-0.4, -0.2) is 28.7 Å². The number of fused-ring (bicyclic) bond motifs is 3. The van der Waals surface area contributed by atoms with E-state index in [0.717, 1.165) is 33.5 Å². The van der Waals surface area contributed by atoms with Gasteiger partial charge in [0.05, 0.1) is 13.2 Å². The second kappa shape index (κ2) is 5.63. The van der Waals surface area contributed by atoms with Gasteiger partial charge in [-0.1, -0.05) is 30.3 Å². The van der Waals surface area contributed by atoms with E-state index in [1.54, 1.807) is 14.0 Å². The second-order valence-corrected chi connectivity index (χ2v) is 6.73. The molecule has 2 unspecified atom stereocenters. The molecule has 5 nitrogen and oxygen atoms in total. The van der Waals surface area contributed by atoms with Crippen molar-refractivity contribution >= 4 is 16.9 Å². The van der Waals surface area contributed by atoms with Crippen molar-refractivity contribution in [1.82, 2.24) is 10.3 Å². The summed E-state index contributed by atoms with van der Waals surface area (Å²) in [6.07, 6.45) is 0.411. The SMILES string of the molecule is COc1ccc2[nH]c3c(c2c1)CC(C)(C(=O)O)NC3c1ccccc1. The third-order valence-corrected chi connectivity index (χ3v) is 5.03. The number of aromatic nitrogens is 1. The lowest BCUT2D eigenvalue weighted by atomic mass is 9.83. The van der Waals surface area contributed by atoms with Crippen molar-refractivity contribution in [3.8, 4) is 5.75 Å². The Labute approximate surface area is 145 Å². The van der Waals surface area contributed by atoms with Crippen LogP contribution in [-0.2, 0) is 11.2 Å². The van der Waals surface area contributed by atoms with Gasteiger partial charge < -0.3 is 14.8 Å². The summed E-state index contributed by atoms with van der Waals surface area (Å²) in [6, 6.07) is 15.6. The largest absolute Gasteiger partial charge is 0.497 e. The van der Waals surface area contributed by atoms with E-state index in [1.807, 2.05) is 48.5 Å². The third kappa shape index (κ3) is 2.48. The molecule has 1 aliphatic rings. The molecule has 2 heterocycles. The van der Waals surface area contributed by atoms with Crippen molar-refractivity contribution in [1.29, 1.82) is 0 Å². The molecule has 0 radical (unpaired) electrons. The van der Waals surface area contributed by atoms with Crippen molar-refractivity contribution in [3.05, 3.63) is 65.4 Å². The Balaban J connectivity index is 1.95. The molecule has 0 saturated heterocycles. The summed E-state index contributed by atoms with van der Waals surface area (Å²) in [6.45, 7) is 1.74. The molecule has 25 heavy (non-hydrogen) atoms. The molecular formula is C20H20N2O3. The average molecular weight is 336 g/mol. The number of carboxylic acids is 1. The van der Waals surface area contributed by atoms with Gasteiger partial charge in [-0.25, -0.2) is 0 Å². The van der Waals surface area contributed by atoms with Crippen molar-refractivity contribution in [2.45, 2.75) is 24.9 Å². The number of carbonyl (C=O) groups is 1. The molecule has 128 valence electrons. The number of benzene rings is 2. The summed E-state index contributed by atoms with van der Waals surface area (Å²) >= 11 is 0. The van der Waals surface area contributed by atoms with Crippen LogP contribution in [0.5, 0.6) is 5.75 Å². The Morgan fingerprint density at radius 2 is 2.00 bits per heavy atom. The molecule has 1 aliphatic heterocycles. The minimum absolute atomic E-state index is 0.204. The highest BCUT2D eigenvalue weighted by molar-refractivity contribution is 5.89. The Hall–Kier alpha value is -2.79. The highest BCUT2D eigenvalue weighted by Crippen LogP contribution is 2.39. The van der Waals surface area contributed by atoms with E-state index in [2.05, 4.69) is 10.3 Å². The maximum absolute atomic E-state index is 11.9. The zero-order chi connectivity index (χ0) is 17.6. The van der Waals surface area contributed by atoms with E-state index in [1.165, 1.54) is 0 Å². The molecule has 2 aromatic carbocycles. The molecule has 0 saturated carbocycles. The molecule has 2 atom stereocenters. The molecule has 0 spiro atoms. The first kappa shape index (κ1) is 15.7. The number of aliphatic carboxylic acids is 1. The van der Waals surface area contributed by atoms with Crippen LogP contribution >= 0.6 is 0 Å². The molecular weight excluding hydrogens is 316 g/mol. The van der Waals surface area contributed by atoms with E-state index in [9.17, 15) is 9.90 Å². The fraction of sp³-hybridized carbons (Fsp3) is 0.250. The van der Waals surface area contributed by atoms with Crippen LogP contribution in [0.4, 0.5) is 0 Å². The number of H-pyrrole nitrogens is 1. The summed E-state index contributed by atoms with van der Waals surface area (Å²) < 4.78 is 5.35. The van der Waals surface area contributed by atoms with Gasteiger partial charge in [0, 0.05) is 23.0 Å². The zero-order valence-electron chi connectivity index (χ0n) is 14.2. The highest BCUT2D eigenvalue weighted by atomic mass is 16.5. The molecule has 0 fully saturated rings. The normalized spacial score (nSPS) is 22.6. The molecule has 3 N–H and O–H groups in total. The first-order valence-corrected chi connectivity index (χ1v) is 8.26. The summed E-state index contributed by atoms with van der Waals surface area (Å²) in [5.41, 5.74) is 3.04. The number of aromatic amines is 1. The van der Waals surface area contributed by atoms with Gasteiger partial charge >= 0.3 is 5.97 Å². The molecule has 1 aromatic heterocycles. The number of ether oxygens (including phenoxy) is 1. The number of nitrogens with one attached hydrogen (secondary N) is 2. The lowest BCUT2D eigenvalue weighted by Gasteiger charge is -2.37. The minimum atomic E-state index is -1.04. The summed E-state index contributed by atoms with van der Waals surface area (Å²) in [5.74, 6) is -0.0857. The van der Waals surface area contributed by atoms with Gasteiger partial charge in [-0.05, 0) is 36.2 Å². The van der Waals surface area contributed by atoms with Crippen molar-refractivity contribution in [2.75, 3.05) is 7.11 Å². The van der Waals surface area contributed by atoms with Gasteiger partial charge in [-0.3, -0.25) is 10.1 Å². The van der Waals surface area contributed by atoms with Crippen molar-refractivity contribution in [2.24, 2.45) is 0 Å². The van der Waals surface area contributed by atoms with E-state index >= 15 is 0 Å². The molecule has 0 aliphatic carbocycles. The van der Waals surface area contributed by atoms with E-state index in [-0.39, 0.29) is 6.04 Å². The number of carboxylic acid groups (broad SMARTS) is 1. The zero-order valence-corrected chi connectivity index (χ0v) is 14.2. The van der Waals surface area contributed by atoms with Crippen LogP contribution in [0.1, 0.15) is 29.8 Å². The molecule has 0 bridgehead atoms. The minimum Gasteiger partial charge on any atom is -0.497 e. The second-order valence-electron chi connectivity index (χ2n) is 6.73. The van der Waals surface area contributed by atoms with Gasteiger partial charge in [0.15, 0.2) is 0 Å². The molecule has 5 heteroatoms. The number of rotatable bonds is 3. The van der Waals surface area contributed by atoms with Crippen LogP contribution in [0.25, 0.3) is 10.9 Å². The topological polar surface area (TPSA) is 74.4 Å². The number of hydrogen-bond donors (Lipinski definition) is 3. The smallest absolute Gasteiger partial charge is 0.323 e. The van der Waals surface area contributed by atoms with Crippen molar-refractivity contribution in [3.63, 3.8) is 0 Å². The average Bonchev–Trinajstić information content (AvgIpc) is 2.99. The van der Waals surface area contributed by atoms with Crippen LogP contribution in [0, 0.1) is 0 Å². The quantitative estimate of drug-likeness (QED) is 0.686. The van der Waals surface area contributed by atoms with Crippen LogP contribution in [0.15, 0.2) is 48.5 Å². The number of methoxy groups -OCH3 is 1. The Bertz CT molecular complexity index is 948. The predicted octanol–water partition coefficient (Wildman–Crippen LogP) is 3.25. The summed E-state index contributed by atoms with van der Waals surface area (Å²) in [5, 5.41) is 14.1. The monoisotopic (exact) mass is 336 g/mol. The standard InChI is InChI=1S/C20H20N2O3/c1-20(19(23)24)11-15-14-10-13(25-2)8-9-16(14)21-18(15)17(22-20)12-6-4-3-5-7-12/h3-10,17,21-22H,11H2,1-2H3,(H,23,24). The number of hydrogen-bond acceptors (Lipinski definition) is 3. The van der Waals surface area contributed by atoms with Crippen LogP contribution in [0.2, 0.25) is 0 Å². The van der Waals surface area contributed by atoms with Gasteiger partial charge in [0.25, 0.3) is 0 Å². The Morgan fingerprint density at radius 1 is 1.24 bits per heavy atom. The Morgan fingerprint density at radius 3 is 2.68 bits per heavy atom. The predicted molar refractivity (Wildman–Crippen MR) is 96.0 cm³/mol.